The molecule has 4 rings (SSSR count). The Kier molecular flexibility index (Phi) is 7.77. The first-order valence-corrected chi connectivity index (χ1v) is 12.3. The third-order valence-corrected chi connectivity index (χ3v) is 6.27. The van der Waals surface area contributed by atoms with Gasteiger partial charge in [0.1, 0.15) is 5.75 Å². The quantitative estimate of drug-likeness (QED) is 0.278. The topological polar surface area (TPSA) is 94.8 Å². The number of benzene rings is 2. The van der Waals surface area contributed by atoms with Crippen molar-refractivity contribution in [2.45, 2.75) is 38.1 Å². The Morgan fingerprint density at radius 3 is 2.34 bits per heavy atom. The maximum Gasteiger partial charge on any atom is 0.273 e. The van der Waals surface area contributed by atoms with Gasteiger partial charge >= 0.3 is 0 Å². The fourth-order valence-corrected chi connectivity index (χ4v) is 4.53. The van der Waals surface area contributed by atoms with E-state index >= 15 is 0 Å². The number of hydrogen-bond acceptors (Lipinski definition) is 7. The molecule has 35 heavy (non-hydrogen) atoms. The maximum atomic E-state index is 13.1. The van der Waals surface area contributed by atoms with Crippen molar-refractivity contribution in [1.29, 1.82) is 0 Å². The molecular formula is C26H28N6O2S. The summed E-state index contributed by atoms with van der Waals surface area (Å²) in [4.78, 5) is 22.1. The van der Waals surface area contributed by atoms with E-state index in [-0.39, 0.29) is 5.91 Å². The van der Waals surface area contributed by atoms with Crippen LogP contribution in [0, 0.1) is 20.8 Å². The van der Waals surface area contributed by atoms with E-state index in [4.69, 9.17) is 4.74 Å². The molecule has 0 radical (unpaired) electrons. The molecule has 8 nitrogen and oxygen atoms in total. The molecule has 9 heteroatoms. The number of carbonyl (C=O) groups is 1. The zero-order valence-electron chi connectivity index (χ0n) is 20.3. The minimum Gasteiger partial charge on any atom is -0.497 e. The van der Waals surface area contributed by atoms with Crippen molar-refractivity contribution in [3.63, 3.8) is 0 Å². The molecule has 180 valence electrons. The molecular weight excluding hydrogens is 460 g/mol. The molecule has 0 spiro atoms. The normalized spacial score (nSPS) is 10.9. The van der Waals surface area contributed by atoms with E-state index in [2.05, 4.69) is 25.6 Å². The van der Waals surface area contributed by atoms with Crippen LogP contribution in [0.1, 0.15) is 38.7 Å². The summed E-state index contributed by atoms with van der Waals surface area (Å²) in [6.45, 7) is 6.40. The molecule has 0 aliphatic rings. The van der Waals surface area contributed by atoms with Gasteiger partial charge in [-0.2, -0.15) is 0 Å². The lowest BCUT2D eigenvalue weighted by atomic mass is 10.1. The molecule has 2 heterocycles. The maximum absolute atomic E-state index is 13.1. The van der Waals surface area contributed by atoms with Crippen LogP contribution in [0.5, 0.6) is 5.75 Å². The number of nitrogens with zero attached hydrogens (tertiary/aromatic N) is 5. The van der Waals surface area contributed by atoms with Gasteiger partial charge in [-0.15, -0.1) is 5.10 Å². The molecule has 4 aromatic rings. The third-order valence-electron chi connectivity index (χ3n) is 5.41. The molecule has 0 unspecified atom stereocenters. The van der Waals surface area contributed by atoms with Crippen LogP contribution in [-0.4, -0.2) is 44.5 Å². The van der Waals surface area contributed by atoms with E-state index in [9.17, 15) is 4.79 Å². The predicted octanol–water partition coefficient (Wildman–Crippen LogP) is 4.26. The van der Waals surface area contributed by atoms with Gasteiger partial charge in [-0.1, -0.05) is 46.8 Å². The summed E-state index contributed by atoms with van der Waals surface area (Å²) in [5.41, 5.74) is 5.91. The molecule has 1 amide bonds. The SMILES string of the molecule is COc1ccc(CCNC(=O)c2nnn(-c3ccc(C)cc3)c2CSc2nc(C)cc(C)n2)cc1. The minimum absolute atomic E-state index is 0.256. The van der Waals surface area contributed by atoms with Crippen molar-refractivity contribution in [3.8, 4) is 11.4 Å². The third kappa shape index (κ3) is 6.24. The molecule has 0 bridgehead atoms. The molecule has 0 aliphatic heterocycles. The Morgan fingerprint density at radius 2 is 1.69 bits per heavy atom. The number of nitrogens with one attached hydrogen (secondary N) is 1. The van der Waals surface area contributed by atoms with Crippen LogP contribution >= 0.6 is 11.8 Å². The lowest BCUT2D eigenvalue weighted by molar-refractivity contribution is 0.0948. The number of aromatic nitrogens is 5. The van der Waals surface area contributed by atoms with Crippen molar-refractivity contribution < 1.29 is 9.53 Å². The number of methoxy groups -OCH3 is 1. The molecule has 0 fully saturated rings. The van der Waals surface area contributed by atoms with Gasteiger partial charge < -0.3 is 10.1 Å². The summed E-state index contributed by atoms with van der Waals surface area (Å²) in [5.74, 6) is 1.000. The average molecular weight is 489 g/mol. The zero-order valence-corrected chi connectivity index (χ0v) is 21.1. The Bertz CT molecular complexity index is 1280. The van der Waals surface area contributed by atoms with Crippen LogP contribution in [-0.2, 0) is 12.2 Å². The van der Waals surface area contributed by atoms with Crippen LogP contribution in [0.3, 0.4) is 0 Å². The summed E-state index contributed by atoms with van der Waals surface area (Å²) in [6, 6.07) is 17.7. The van der Waals surface area contributed by atoms with E-state index < -0.39 is 0 Å². The van der Waals surface area contributed by atoms with Crippen molar-refractivity contribution in [2.75, 3.05) is 13.7 Å². The van der Waals surface area contributed by atoms with E-state index in [1.807, 2.05) is 75.4 Å². The van der Waals surface area contributed by atoms with E-state index in [1.54, 1.807) is 11.8 Å². The summed E-state index contributed by atoms with van der Waals surface area (Å²) in [5, 5.41) is 12.2. The zero-order chi connectivity index (χ0) is 24.8. The fraction of sp³-hybridized carbons (Fsp3) is 0.269. The highest BCUT2D eigenvalue weighted by atomic mass is 32.2. The van der Waals surface area contributed by atoms with Crippen molar-refractivity contribution in [2.24, 2.45) is 0 Å². The highest BCUT2D eigenvalue weighted by Gasteiger charge is 2.21. The first-order valence-electron chi connectivity index (χ1n) is 11.3. The number of rotatable bonds is 9. The van der Waals surface area contributed by atoms with Gasteiger partial charge in [-0.3, -0.25) is 4.79 Å². The lowest BCUT2D eigenvalue weighted by Gasteiger charge is -2.09. The highest BCUT2D eigenvalue weighted by Crippen LogP contribution is 2.24. The second-order valence-corrected chi connectivity index (χ2v) is 9.15. The van der Waals surface area contributed by atoms with Gasteiger partial charge in [0.15, 0.2) is 10.9 Å². The number of carbonyl (C=O) groups excluding carboxylic acids is 1. The van der Waals surface area contributed by atoms with E-state index in [1.165, 1.54) is 11.8 Å². The molecule has 2 aromatic carbocycles. The largest absolute Gasteiger partial charge is 0.497 e. The molecule has 1 N–H and O–H groups in total. The van der Waals surface area contributed by atoms with Crippen LogP contribution in [0.4, 0.5) is 0 Å². The number of aryl methyl sites for hydroxylation is 3. The molecule has 0 saturated carbocycles. The number of hydrogen-bond donors (Lipinski definition) is 1. The molecule has 0 saturated heterocycles. The molecule has 0 aliphatic carbocycles. The average Bonchev–Trinajstić information content (AvgIpc) is 3.27. The Hall–Kier alpha value is -3.72. The summed E-state index contributed by atoms with van der Waals surface area (Å²) in [7, 11) is 1.64. The molecule has 2 aromatic heterocycles. The number of thioether (sulfide) groups is 1. The van der Waals surface area contributed by atoms with Crippen molar-refractivity contribution in [3.05, 3.63) is 88.5 Å². The van der Waals surface area contributed by atoms with Gasteiger partial charge in [-0.05, 0) is 63.1 Å². The highest BCUT2D eigenvalue weighted by molar-refractivity contribution is 7.98. The molecule has 0 atom stereocenters. The van der Waals surface area contributed by atoms with Crippen LogP contribution in [0.25, 0.3) is 5.69 Å². The van der Waals surface area contributed by atoms with Crippen molar-refractivity contribution in [1.82, 2.24) is 30.3 Å². The summed E-state index contributed by atoms with van der Waals surface area (Å²) >= 11 is 1.46. The standard InChI is InChI=1S/C26H28N6O2S/c1-17-5-9-21(10-6-17)32-23(16-35-26-28-18(2)15-19(3)29-26)24(30-31-32)25(33)27-14-13-20-7-11-22(34-4)12-8-20/h5-12,15H,13-14,16H2,1-4H3,(H,27,33). The Labute approximate surface area is 209 Å². The number of ether oxygens (including phenoxy) is 1. The summed E-state index contributed by atoms with van der Waals surface area (Å²) in [6.07, 6.45) is 0.697. The first-order chi connectivity index (χ1) is 16.9. The minimum atomic E-state index is -0.256. The van der Waals surface area contributed by atoms with E-state index in [0.717, 1.165) is 34.0 Å². The van der Waals surface area contributed by atoms with Crippen molar-refractivity contribution >= 4 is 17.7 Å². The fourth-order valence-electron chi connectivity index (χ4n) is 3.59. The monoisotopic (exact) mass is 488 g/mol. The van der Waals surface area contributed by atoms with Gasteiger partial charge in [0.05, 0.1) is 18.5 Å². The van der Waals surface area contributed by atoms with Crippen LogP contribution < -0.4 is 10.1 Å². The van der Waals surface area contributed by atoms with Crippen LogP contribution in [0.15, 0.2) is 59.8 Å². The lowest BCUT2D eigenvalue weighted by Crippen LogP contribution is -2.27. The van der Waals surface area contributed by atoms with Gasteiger partial charge in [0.25, 0.3) is 5.91 Å². The van der Waals surface area contributed by atoms with E-state index in [0.29, 0.717) is 35.3 Å². The Morgan fingerprint density at radius 1 is 1.00 bits per heavy atom. The summed E-state index contributed by atoms with van der Waals surface area (Å²) < 4.78 is 6.91. The second-order valence-electron chi connectivity index (χ2n) is 8.21. The van der Waals surface area contributed by atoms with Gasteiger partial charge in [-0.25, -0.2) is 14.6 Å². The second kappa shape index (κ2) is 11.1. The smallest absolute Gasteiger partial charge is 0.273 e. The first kappa shape index (κ1) is 24.4. The predicted molar refractivity (Wildman–Crippen MR) is 136 cm³/mol. The number of amides is 1. The van der Waals surface area contributed by atoms with Gasteiger partial charge in [0.2, 0.25) is 0 Å². The van der Waals surface area contributed by atoms with Gasteiger partial charge in [0, 0.05) is 23.7 Å². The Balaban J connectivity index is 1.52. The van der Waals surface area contributed by atoms with Crippen LogP contribution in [0.2, 0.25) is 0 Å².